The maximum atomic E-state index is 9.13. The number of hydrogen-bond acceptors (Lipinski definition) is 3. The van der Waals surface area contributed by atoms with Crippen molar-refractivity contribution in [1.82, 2.24) is 5.32 Å². The molecule has 16 heavy (non-hydrogen) atoms. The molecule has 1 N–H and O–H groups in total. The van der Waals surface area contributed by atoms with Crippen molar-refractivity contribution in [2.24, 2.45) is 0 Å². The third kappa shape index (κ3) is 4.26. The highest BCUT2D eigenvalue weighted by Crippen LogP contribution is 2.13. The average molecular weight is 234 g/mol. The summed E-state index contributed by atoms with van der Waals surface area (Å²) < 4.78 is 0. The molecule has 0 aliphatic heterocycles. The van der Waals surface area contributed by atoms with Crippen LogP contribution in [0, 0.1) is 11.3 Å². The highest BCUT2D eigenvalue weighted by Gasteiger charge is 2.10. The van der Waals surface area contributed by atoms with Gasteiger partial charge < -0.3 is 5.32 Å². The van der Waals surface area contributed by atoms with Crippen molar-refractivity contribution in [2.75, 3.05) is 18.6 Å². The summed E-state index contributed by atoms with van der Waals surface area (Å²) in [6.07, 6.45) is 2.09. The molecule has 3 heteroatoms. The van der Waals surface area contributed by atoms with Crippen molar-refractivity contribution in [2.45, 2.75) is 18.9 Å². The van der Waals surface area contributed by atoms with Gasteiger partial charge in [-0.3, -0.25) is 0 Å². The van der Waals surface area contributed by atoms with E-state index in [0.717, 1.165) is 17.9 Å². The van der Waals surface area contributed by atoms with E-state index < -0.39 is 0 Å². The molecule has 0 saturated carbocycles. The molecule has 0 radical (unpaired) electrons. The lowest BCUT2D eigenvalue weighted by atomic mass is 10.0. The molecule has 1 aromatic rings. The first kappa shape index (κ1) is 13.1. The van der Waals surface area contributed by atoms with E-state index in [9.17, 15) is 0 Å². The van der Waals surface area contributed by atoms with Crippen molar-refractivity contribution < 1.29 is 0 Å². The van der Waals surface area contributed by atoms with Crippen LogP contribution in [-0.4, -0.2) is 24.6 Å². The van der Waals surface area contributed by atoms with E-state index >= 15 is 0 Å². The Labute approximate surface area is 102 Å². The van der Waals surface area contributed by atoms with Gasteiger partial charge in [-0.15, -0.1) is 0 Å². The zero-order valence-corrected chi connectivity index (χ0v) is 10.6. The average Bonchev–Trinajstić information content (AvgIpc) is 2.31. The summed E-state index contributed by atoms with van der Waals surface area (Å²) in [5.74, 6) is 1.03. The lowest BCUT2D eigenvalue weighted by Crippen LogP contribution is -2.31. The van der Waals surface area contributed by atoms with Crippen LogP contribution in [0.15, 0.2) is 30.3 Å². The molecule has 1 rings (SSSR count). The maximum absolute atomic E-state index is 9.13. The molecule has 0 bridgehead atoms. The van der Waals surface area contributed by atoms with Crippen molar-refractivity contribution in [3.8, 4) is 6.07 Å². The number of nitrogens with zero attached hydrogens (tertiary/aromatic N) is 1. The fourth-order valence-corrected chi connectivity index (χ4v) is 2.17. The topological polar surface area (TPSA) is 35.8 Å². The summed E-state index contributed by atoms with van der Waals surface area (Å²) in [6.45, 7) is 2.87. The molecule has 0 aromatic heterocycles. The molecule has 2 atom stereocenters. The Morgan fingerprint density at radius 2 is 2.06 bits per heavy atom. The number of hydrogen-bond donors (Lipinski definition) is 1. The van der Waals surface area contributed by atoms with Crippen molar-refractivity contribution in [3.63, 3.8) is 0 Å². The van der Waals surface area contributed by atoms with E-state index in [1.54, 1.807) is 0 Å². The molecule has 1 aromatic carbocycles. The van der Waals surface area contributed by atoms with Crippen LogP contribution in [-0.2, 0) is 0 Å². The molecule has 2 nitrogen and oxygen atoms in total. The zero-order valence-electron chi connectivity index (χ0n) is 9.81. The molecule has 0 aliphatic carbocycles. The Hall–Kier alpha value is -0.980. The summed E-state index contributed by atoms with van der Waals surface area (Å²) >= 11 is 1.82. The minimum absolute atomic E-state index is 0.0505. The van der Waals surface area contributed by atoms with Gasteiger partial charge in [0.15, 0.2) is 0 Å². The van der Waals surface area contributed by atoms with Crippen molar-refractivity contribution in [3.05, 3.63) is 35.9 Å². The van der Waals surface area contributed by atoms with Crippen LogP contribution in [0.1, 0.15) is 18.4 Å². The van der Waals surface area contributed by atoms with Gasteiger partial charge in [0.2, 0.25) is 0 Å². The SMILES string of the molecule is CSCC(C)NCC(C#N)c1ccccc1. The van der Waals surface area contributed by atoms with Crippen LogP contribution in [0.2, 0.25) is 0 Å². The van der Waals surface area contributed by atoms with Gasteiger partial charge in [0.05, 0.1) is 12.0 Å². The molecule has 0 amide bonds. The van der Waals surface area contributed by atoms with E-state index in [0.29, 0.717) is 6.04 Å². The quantitative estimate of drug-likeness (QED) is 0.822. The second-order valence-electron chi connectivity index (χ2n) is 3.86. The monoisotopic (exact) mass is 234 g/mol. The van der Waals surface area contributed by atoms with E-state index in [2.05, 4.69) is 24.6 Å². The molecule has 86 valence electrons. The van der Waals surface area contributed by atoms with Crippen LogP contribution < -0.4 is 5.32 Å². The maximum Gasteiger partial charge on any atom is 0.0837 e. The minimum Gasteiger partial charge on any atom is -0.312 e. The Balaban J connectivity index is 2.48. The summed E-state index contributed by atoms with van der Waals surface area (Å²) in [5.41, 5.74) is 1.09. The highest BCUT2D eigenvalue weighted by molar-refractivity contribution is 7.98. The third-order valence-corrected chi connectivity index (χ3v) is 3.28. The fraction of sp³-hybridized carbons (Fsp3) is 0.462. The molecular formula is C13H18N2S. The van der Waals surface area contributed by atoms with Crippen LogP contribution in [0.5, 0.6) is 0 Å². The normalized spacial score (nSPS) is 14.1. The molecule has 0 fully saturated rings. The van der Waals surface area contributed by atoms with Crippen LogP contribution in [0.25, 0.3) is 0 Å². The Morgan fingerprint density at radius 1 is 1.38 bits per heavy atom. The minimum atomic E-state index is -0.0505. The Bertz CT molecular complexity index is 332. The zero-order chi connectivity index (χ0) is 11.8. The predicted molar refractivity (Wildman–Crippen MR) is 70.6 cm³/mol. The summed E-state index contributed by atoms with van der Waals surface area (Å²) in [5, 5.41) is 12.5. The van der Waals surface area contributed by atoms with Gasteiger partial charge in [0.1, 0.15) is 0 Å². The summed E-state index contributed by atoms with van der Waals surface area (Å²) in [7, 11) is 0. The van der Waals surface area contributed by atoms with Crippen LogP contribution >= 0.6 is 11.8 Å². The van der Waals surface area contributed by atoms with Gasteiger partial charge in [0, 0.05) is 18.3 Å². The summed E-state index contributed by atoms with van der Waals surface area (Å²) in [4.78, 5) is 0. The molecule has 0 saturated heterocycles. The Morgan fingerprint density at radius 3 is 2.62 bits per heavy atom. The number of nitrogens with one attached hydrogen (secondary N) is 1. The highest BCUT2D eigenvalue weighted by atomic mass is 32.2. The van der Waals surface area contributed by atoms with Crippen molar-refractivity contribution >= 4 is 11.8 Å². The van der Waals surface area contributed by atoms with E-state index in [1.165, 1.54) is 0 Å². The number of thioether (sulfide) groups is 1. The molecule has 0 spiro atoms. The predicted octanol–water partition coefficient (Wildman–Crippen LogP) is 2.63. The number of benzene rings is 1. The van der Waals surface area contributed by atoms with Gasteiger partial charge >= 0.3 is 0 Å². The van der Waals surface area contributed by atoms with Gasteiger partial charge in [0.25, 0.3) is 0 Å². The lowest BCUT2D eigenvalue weighted by Gasteiger charge is -2.15. The van der Waals surface area contributed by atoms with E-state index in [4.69, 9.17) is 5.26 Å². The first-order valence-corrected chi connectivity index (χ1v) is 6.84. The summed E-state index contributed by atoms with van der Waals surface area (Å²) in [6, 6.07) is 12.7. The van der Waals surface area contributed by atoms with E-state index in [-0.39, 0.29) is 5.92 Å². The Kier molecular flexibility index (Phi) is 5.99. The van der Waals surface area contributed by atoms with Crippen LogP contribution in [0.3, 0.4) is 0 Å². The van der Waals surface area contributed by atoms with Gasteiger partial charge in [-0.25, -0.2) is 0 Å². The van der Waals surface area contributed by atoms with Gasteiger partial charge in [-0.2, -0.15) is 17.0 Å². The first-order valence-electron chi connectivity index (χ1n) is 5.44. The largest absolute Gasteiger partial charge is 0.312 e. The lowest BCUT2D eigenvalue weighted by molar-refractivity contribution is 0.576. The first-order chi connectivity index (χ1) is 7.77. The number of nitriles is 1. The van der Waals surface area contributed by atoms with Crippen LogP contribution in [0.4, 0.5) is 0 Å². The van der Waals surface area contributed by atoms with Crippen molar-refractivity contribution in [1.29, 1.82) is 5.26 Å². The van der Waals surface area contributed by atoms with Gasteiger partial charge in [-0.1, -0.05) is 30.3 Å². The molecular weight excluding hydrogens is 216 g/mol. The fourth-order valence-electron chi connectivity index (χ4n) is 1.55. The smallest absolute Gasteiger partial charge is 0.0837 e. The standard InChI is InChI=1S/C13H18N2S/c1-11(10-16-2)15-9-13(8-14)12-6-4-3-5-7-12/h3-7,11,13,15H,9-10H2,1-2H3. The molecule has 2 unspecified atom stereocenters. The number of rotatable bonds is 6. The second kappa shape index (κ2) is 7.32. The molecule has 0 aliphatic rings. The third-order valence-electron chi connectivity index (χ3n) is 2.44. The second-order valence-corrected chi connectivity index (χ2v) is 4.77. The molecule has 0 heterocycles. The van der Waals surface area contributed by atoms with Gasteiger partial charge in [-0.05, 0) is 18.7 Å². The van der Waals surface area contributed by atoms with E-state index in [1.807, 2.05) is 42.1 Å².